The summed E-state index contributed by atoms with van der Waals surface area (Å²) in [4.78, 5) is 24.6. The number of hydrogen-bond donors (Lipinski definition) is 1. The molecule has 4 rings (SSSR count). The van der Waals surface area contributed by atoms with E-state index in [0.29, 0.717) is 11.4 Å². The van der Waals surface area contributed by atoms with E-state index in [-0.39, 0.29) is 21.2 Å². The van der Waals surface area contributed by atoms with Crippen molar-refractivity contribution in [3.05, 3.63) is 111 Å². The van der Waals surface area contributed by atoms with Crippen molar-refractivity contribution in [1.82, 2.24) is 4.57 Å². The number of hydrogen-bond acceptors (Lipinski definition) is 5. The van der Waals surface area contributed by atoms with Gasteiger partial charge < -0.3 is 5.11 Å². The summed E-state index contributed by atoms with van der Waals surface area (Å²) >= 11 is 0.884. The maximum atomic E-state index is 13.5. The zero-order chi connectivity index (χ0) is 21.1. The molecule has 0 radical (unpaired) electrons. The van der Waals surface area contributed by atoms with Crippen LogP contribution in [-0.4, -0.2) is 14.6 Å². The van der Waals surface area contributed by atoms with Gasteiger partial charge in [0.05, 0.1) is 15.5 Å². The molecule has 0 unspecified atom stereocenters. The Morgan fingerprint density at radius 1 is 0.867 bits per heavy atom. The van der Waals surface area contributed by atoms with E-state index in [0.717, 1.165) is 17.3 Å². The van der Waals surface area contributed by atoms with Gasteiger partial charge in [0.25, 0.3) is 11.2 Å². The van der Waals surface area contributed by atoms with Gasteiger partial charge >= 0.3 is 0 Å². The lowest BCUT2D eigenvalue weighted by Crippen LogP contribution is -2.21. The minimum atomic E-state index is -0.507. The number of rotatable bonds is 5. The first-order chi connectivity index (χ1) is 14.6. The van der Waals surface area contributed by atoms with Crippen LogP contribution < -0.4 is 5.56 Å². The molecule has 0 aliphatic carbocycles. The average Bonchev–Trinajstić information content (AvgIpc) is 2.77. The molecule has 0 atom stereocenters. The van der Waals surface area contributed by atoms with Gasteiger partial charge in [0.15, 0.2) is 0 Å². The Balaban J connectivity index is 1.95. The van der Waals surface area contributed by atoms with Crippen molar-refractivity contribution >= 4 is 17.4 Å². The predicted molar refractivity (Wildman–Crippen MR) is 116 cm³/mol. The van der Waals surface area contributed by atoms with Crippen LogP contribution in [0.25, 0.3) is 16.9 Å². The van der Waals surface area contributed by atoms with Crippen LogP contribution in [0.1, 0.15) is 0 Å². The minimum Gasteiger partial charge on any atom is -0.506 e. The van der Waals surface area contributed by atoms with Crippen LogP contribution in [0.5, 0.6) is 5.75 Å². The van der Waals surface area contributed by atoms with Gasteiger partial charge in [0.2, 0.25) is 0 Å². The van der Waals surface area contributed by atoms with Crippen molar-refractivity contribution in [2.24, 2.45) is 0 Å². The molecule has 0 saturated heterocycles. The predicted octanol–water partition coefficient (Wildman–Crippen LogP) is 5.27. The molecule has 6 nitrogen and oxygen atoms in total. The molecule has 30 heavy (non-hydrogen) atoms. The molecular formula is C23H16N2O4S. The van der Waals surface area contributed by atoms with Crippen LogP contribution in [-0.2, 0) is 0 Å². The van der Waals surface area contributed by atoms with Gasteiger partial charge in [0.1, 0.15) is 10.6 Å². The van der Waals surface area contributed by atoms with E-state index in [1.54, 1.807) is 30.3 Å². The van der Waals surface area contributed by atoms with Crippen molar-refractivity contribution in [1.29, 1.82) is 0 Å². The monoisotopic (exact) mass is 416 g/mol. The summed E-state index contributed by atoms with van der Waals surface area (Å²) < 4.78 is 1.51. The molecule has 3 aromatic carbocycles. The number of para-hydroxylation sites is 2. The molecule has 1 aromatic heterocycles. The Morgan fingerprint density at radius 3 is 2.13 bits per heavy atom. The number of nitrogens with zero attached hydrogens (tertiary/aromatic N) is 2. The van der Waals surface area contributed by atoms with Crippen LogP contribution in [0.3, 0.4) is 0 Å². The summed E-state index contributed by atoms with van der Waals surface area (Å²) in [5.74, 6) is -0.228. The standard InChI is InChI=1S/C23H16N2O4S/c26-20-15-19(16-9-3-1-4-10-16)24(17-11-5-2-6-12-17)23(27)22(20)30-21-14-8-7-13-18(21)25(28)29/h1-15,26H. The first-order valence-electron chi connectivity index (χ1n) is 9.07. The molecule has 0 aliphatic heterocycles. The fourth-order valence-corrected chi connectivity index (χ4v) is 4.09. The Kier molecular flexibility index (Phi) is 5.36. The number of pyridine rings is 1. The lowest BCUT2D eigenvalue weighted by molar-refractivity contribution is -0.387. The molecule has 0 bridgehead atoms. The molecular weight excluding hydrogens is 400 g/mol. The van der Waals surface area contributed by atoms with E-state index < -0.39 is 10.5 Å². The highest BCUT2D eigenvalue weighted by atomic mass is 32.2. The van der Waals surface area contributed by atoms with Gasteiger partial charge in [-0.3, -0.25) is 19.5 Å². The van der Waals surface area contributed by atoms with Gasteiger partial charge in [-0.1, -0.05) is 72.4 Å². The first kappa shape index (κ1) is 19.5. The molecule has 0 saturated carbocycles. The van der Waals surface area contributed by atoms with Gasteiger partial charge in [0, 0.05) is 17.8 Å². The highest BCUT2D eigenvalue weighted by Crippen LogP contribution is 2.38. The van der Waals surface area contributed by atoms with Gasteiger partial charge in [-0.05, 0) is 23.8 Å². The Bertz CT molecular complexity index is 1270. The van der Waals surface area contributed by atoms with E-state index in [1.165, 1.54) is 16.7 Å². The normalized spacial score (nSPS) is 10.7. The van der Waals surface area contributed by atoms with Crippen molar-refractivity contribution in [2.75, 3.05) is 0 Å². The molecule has 0 spiro atoms. The van der Waals surface area contributed by atoms with Crippen molar-refractivity contribution in [2.45, 2.75) is 9.79 Å². The lowest BCUT2D eigenvalue weighted by Gasteiger charge is -2.16. The van der Waals surface area contributed by atoms with Crippen LogP contribution in [0.15, 0.2) is 106 Å². The summed E-state index contributed by atoms with van der Waals surface area (Å²) in [7, 11) is 0. The zero-order valence-electron chi connectivity index (χ0n) is 15.6. The summed E-state index contributed by atoms with van der Waals surface area (Å²) in [6, 6.07) is 26.0. The zero-order valence-corrected chi connectivity index (χ0v) is 16.5. The number of nitro benzene ring substituents is 1. The second-order valence-corrected chi connectivity index (χ2v) is 7.47. The third-order valence-electron chi connectivity index (χ3n) is 4.50. The van der Waals surface area contributed by atoms with Crippen LogP contribution >= 0.6 is 11.8 Å². The number of benzene rings is 3. The number of aromatic hydroxyl groups is 1. The number of aromatic nitrogens is 1. The molecule has 0 amide bonds. The van der Waals surface area contributed by atoms with Crippen molar-refractivity contribution in [3.63, 3.8) is 0 Å². The minimum absolute atomic E-state index is 0.0211. The quantitative estimate of drug-likeness (QED) is 0.354. The van der Waals surface area contributed by atoms with E-state index >= 15 is 0 Å². The Labute approximate surface area is 176 Å². The van der Waals surface area contributed by atoms with Gasteiger partial charge in [-0.15, -0.1) is 0 Å². The van der Waals surface area contributed by atoms with Crippen molar-refractivity contribution < 1.29 is 10.0 Å². The fourth-order valence-electron chi connectivity index (χ4n) is 3.14. The van der Waals surface area contributed by atoms with Crippen LogP contribution in [0.2, 0.25) is 0 Å². The van der Waals surface area contributed by atoms with Crippen LogP contribution in [0.4, 0.5) is 5.69 Å². The fraction of sp³-hybridized carbons (Fsp3) is 0. The SMILES string of the molecule is O=c1c(Sc2ccccc2[N+](=O)[O-])c(O)cc(-c2ccccc2)n1-c1ccccc1. The van der Waals surface area contributed by atoms with E-state index in [1.807, 2.05) is 48.5 Å². The largest absolute Gasteiger partial charge is 0.506 e. The summed E-state index contributed by atoms with van der Waals surface area (Å²) in [5.41, 5.74) is 1.33. The molecule has 1 heterocycles. The molecule has 0 fully saturated rings. The number of nitro groups is 1. The van der Waals surface area contributed by atoms with Crippen molar-refractivity contribution in [3.8, 4) is 22.7 Å². The van der Waals surface area contributed by atoms with Gasteiger partial charge in [-0.2, -0.15) is 0 Å². The molecule has 1 N–H and O–H groups in total. The third kappa shape index (κ3) is 3.70. The highest BCUT2D eigenvalue weighted by molar-refractivity contribution is 7.99. The van der Waals surface area contributed by atoms with E-state index in [9.17, 15) is 20.0 Å². The lowest BCUT2D eigenvalue weighted by atomic mass is 10.1. The third-order valence-corrected chi connectivity index (χ3v) is 5.66. The maximum Gasteiger partial charge on any atom is 0.283 e. The average molecular weight is 416 g/mol. The Hall–Kier alpha value is -3.84. The highest BCUT2D eigenvalue weighted by Gasteiger charge is 2.21. The summed E-state index contributed by atoms with van der Waals surface area (Å²) in [6.07, 6.45) is 0. The summed E-state index contributed by atoms with van der Waals surface area (Å²) in [6.45, 7) is 0. The first-order valence-corrected chi connectivity index (χ1v) is 9.89. The summed E-state index contributed by atoms with van der Waals surface area (Å²) in [5, 5.41) is 22.0. The second kappa shape index (κ2) is 8.26. The van der Waals surface area contributed by atoms with Crippen LogP contribution in [0, 0.1) is 10.1 Å². The van der Waals surface area contributed by atoms with Gasteiger partial charge in [-0.25, -0.2) is 0 Å². The smallest absolute Gasteiger partial charge is 0.283 e. The van der Waals surface area contributed by atoms with E-state index in [2.05, 4.69) is 0 Å². The second-order valence-electron chi connectivity index (χ2n) is 6.41. The maximum absolute atomic E-state index is 13.5. The molecule has 0 aliphatic rings. The van der Waals surface area contributed by atoms with E-state index in [4.69, 9.17) is 0 Å². The molecule has 7 heteroatoms. The topological polar surface area (TPSA) is 85.4 Å². The molecule has 148 valence electrons. The Morgan fingerprint density at radius 2 is 1.47 bits per heavy atom. The molecule has 4 aromatic rings.